The van der Waals surface area contributed by atoms with Gasteiger partial charge in [-0.25, -0.2) is 0 Å². The first-order valence-corrected chi connectivity index (χ1v) is 4.83. The molecule has 0 aromatic rings. The maximum atomic E-state index is 10.3. The van der Waals surface area contributed by atoms with Crippen LogP contribution in [0, 0.1) is 11.8 Å². The van der Waals surface area contributed by atoms with Crippen molar-refractivity contribution >= 4 is 6.29 Å². The highest BCUT2D eigenvalue weighted by Crippen LogP contribution is 2.30. The van der Waals surface area contributed by atoms with Gasteiger partial charge in [0.1, 0.15) is 6.29 Å². The standard InChI is InChI=1S/C11H18O/c1-9-3-5-11(6-4-9)10(2)7-8-12/h3,8,10-11H,4-7H2,1-2H3/t10?,11-/m1/s1. The second-order valence-corrected chi connectivity index (χ2v) is 3.96. The number of rotatable bonds is 3. The fourth-order valence-electron chi connectivity index (χ4n) is 1.85. The Bertz CT molecular complexity index is 181. The molecule has 0 saturated carbocycles. The van der Waals surface area contributed by atoms with Crippen LogP contribution < -0.4 is 0 Å². The number of aldehydes is 1. The normalized spacial score (nSPS) is 26.2. The molecular weight excluding hydrogens is 148 g/mol. The molecule has 1 heteroatoms. The molecule has 0 radical (unpaired) electrons. The van der Waals surface area contributed by atoms with Crippen molar-refractivity contribution in [1.29, 1.82) is 0 Å². The molecule has 0 aliphatic heterocycles. The van der Waals surface area contributed by atoms with E-state index in [4.69, 9.17) is 0 Å². The Morgan fingerprint density at radius 1 is 1.75 bits per heavy atom. The summed E-state index contributed by atoms with van der Waals surface area (Å²) in [5, 5.41) is 0. The van der Waals surface area contributed by atoms with Gasteiger partial charge in [-0.05, 0) is 38.0 Å². The van der Waals surface area contributed by atoms with Gasteiger partial charge in [0.05, 0.1) is 0 Å². The summed E-state index contributed by atoms with van der Waals surface area (Å²) in [4.78, 5) is 10.3. The van der Waals surface area contributed by atoms with Crippen molar-refractivity contribution in [2.75, 3.05) is 0 Å². The summed E-state index contributed by atoms with van der Waals surface area (Å²) in [5.41, 5.74) is 1.52. The predicted molar refractivity (Wildman–Crippen MR) is 50.9 cm³/mol. The minimum absolute atomic E-state index is 0.576. The van der Waals surface area contributed by atoms with Crippen molar-refractivity contribution in [3.05, 3.63) is 11.6 Å². The Morgan fingerprint density at radius 2 is 2.50 bits per heavy atom. The van der Waals surface area contributed by atoms with Crippen LogP contribution in [0.1, 0.15) is 39.5 Å². The molecule has 0 aromatic heterocycles. The molecule has 0 heterocycles. The molecule has 1 unspecified atom stereocenters. The molecule has 0 bridgehead atoms. The lowest BCUT2D eigenvalue weighted by molar-refractivity contribution is -0.108. The van der Waals surface area contributed by atoms with Gasteiger partial charge >= 0.3 is 0 Å². The minimum atomic E-state index is 0.576. The molecule has 1 rings (SSSR count). The summed E-state index contributed by atoms with van der Waals surface area (Å²) >= 11 is 0. The third-order valence-corrected chi connectivity index (χ3v) is 2.95. The van der Waals surface area contributed by atoms with E-state index < -0.39 is 0 Å². The van der Waals surface area contributed by atoms with Crippen molar-refractivity contribution in [1.82, 2.24) is 0 Å². The van der Waals surface area contributed by atoms with Crippen LogP contribution in [0.25, 0.3) is 0 Å². The topological polar surface area (TPSA) is 17.1 Å². The van der Waals surface area contributed by atoms with Crippen LogP contribution in [-0.4, -0.2) is 6.29 Å². The van der Waals surface area contributed by atoms with Crippen LogP contribution in [0.3, 0.4) is 0 Å². The van der Waals surface area contributed by atoms with Crippen molar-refractivity contribution in [3.8, 4) is 0 Å². The highest BCUT2D eigenvalue weighted by Gasteiger charge is 2.18. The average Bonchev–Trinajstić information content (AvgIpc) is 2.06. The molecule has 0 N–H and O–H groups in total. The Balaban J connectivity index is 2.39. The lowest BCUT2D eigenvalue weighted by Gasteiger charge is -2.25. The number of carbonyl (C=O) groups excluding carboxylic acids is 1. The zero-order chi connectivity index (χ0) is 8.97. The third-order valence-electron chi connectivity index (χ3n) is 2.95. The molecule has 12 heavy (non-hydrogen) atoms. The summed E-state index contributed by atoms with van der Waals surface area (Å²) in [5.74, 6) is 1.32. The molecule has 0 spiro atoms. The maximum absolute atomic E-state index is 10.3. The van der Waals surface area contributed by atoms with Crippen LogP contribution in [0.5, 0.6) is 0 Å². The Labute approximate surface area is 74.9 Å². The lowest BCUT2D eigenvalue weighted by atomic mass is 9.81. The quantitative estimate of drug-likeness (QED) is 0.465. The monoisotopic (exact) mass is 166 g/mol. The Hall–Kier alpha value is -0.590. The van der Waals surface area contributed by atoms with E-state index in [0.717, 1.165) is 18.6 Å². The summed E-state index contributed by atoms with van der Waals surface area (Å²) in [7, 11) is 0. The summed E-state index contributed by atoms with van der Waals surface area (Å²) in [6.07, 6.45) is 7.80. The van der Waals surface area contributed by atoms with E-state index in [1.807, 2.05) is 0 Å². The van der Waals surface area contributed by atoms with Crippen molar-refractivity contribution in [2.45, 2.75) is 39.5 Å². The molecule has 1 aliphatic rings. The van der Waals surface area contributed by atoms with E-state index in [2.05, 4.69) is 19.9 Å². The average molecular weight is 166 g/mol. The molecule has 0 aromatic carbocycles. The first-order chi connectivity index (χ1) is 5.74. The van der Waals surface area contributed by atoms with Gasteiger partial charge in [0, 0.05) is 6.42 Å². The fraction of sp³-hybridized carbons (Fsp3) is 0.727. The number of carbonyl (C=O) groups is 1. The summed E-state index contributed by atoms with van der Waals surface area (Å²) in [6.45, 7) is 4.38. The largest absolute Gasteiger partial charge is 0.303 e. The molecular formula is C11H18O. The molecule has 68 valence electrons. The summed E-state index contributed by atoms with van der Waals surface area (Å²) in [6, 6.07) is 0. The highest BCUT2D eigenvalue weighted by molar-refractivity contribution is 5.49. The lowest BCUT2D eigenvalue weighted by Crippen LogP contribution is -2.14. The molecule has 1 aliphatic carbocycles. The van der Waals surface area contributed by atoms with Gasteiger partial charge in [-0.1, -0.05) is 18.6 Å². The highest BCUT2D eigenvalue weighted by atomic mass is 16.1. The van der Waals surface area contributed by atoms with Gasteiger partial charge in [0.15, 0.2) is 0 Å². The first-order valence-electron chi connectivity index (χ1n) is 4.83. The van der Waals surface area contributed by atoms with Gasteiger partial charge in [-0.3, -0.25) is 0 Å². The molecule has 1 nitrogen and oxygen atoms in total. The maximum Gasteiger partial charge on any atom is 0.120 e. The second kappa shape index (κ2) is 4.44. The van der Waals surface area contributed by atoms with Gasteiger partial charge in [-0.15, -0.1) is 0 Å². The van der Waals surface area contributed by atoms with Crippen LogP contribution in [0.4, 0.5) is 0 Å². The second-order valence-electron chi connectivity index (χ2n) is 3.96. The van der Waals surface area contributed by atoms with Gasteiger partial charge < -0.3 is 4.79 Å². The van der Waals surface area contributed by atoms with Crippen molar-refractivity contribution in [3.63, 3.8) is 0 Å². The fourth-order valence-corrected chi connectivity index (χ4v) is 1.85. The van der Waals surface area contributed by atoms with E-state index >= 15 is 0 Å². The number of hydrogen-bond donors (Lipinski definition) is 0. The van der Waals surface area contributed by atoms with Crippen molar-refractivity contribution < 1.29 is 4.79 Å². The zero-order valence-electron chi connectivity index (χ0n) is 8.05. The SMILES string of the molecule is CC1=CC[C@@H](C(C)CC=O)CC1. The van der Waals surface area contributed by atoms with Gasteiger partial charge in [0.2, 0.25) is 0 Å². The minimum Gasteiger partial charge on any atom is -0.303 e. The molecule has 0 fully saturated rings. The van der Waals surface area contributed by atoms with Gasteiger partial charge in [-0.2, -0.15) is 0 Å². The Kier molecular flexibility index (Phi) is 3.51. The van der Waals surface area contributed by atoms with E-state index in [-0.39, 0.29) is 0 Å². The molecule has 0 saturated heterocycles. The van der Waals surface area contributed by atoms with Crippen LogP contribution in [0.15, 0.2) is 11.6 Å². The smallest absolute Gasteiger partial charge is 0.120 e. The van der Waals surface area contributed by atoms with E-state index in [0.29, 0.717) is 5.92 Å². The number of hydrogen-bond acceptors (Lipinski definition) is 1. The first kappa shape index (κ1) is 9.50. The van der Waals surface area contributed by atoms with Crippen molar-refractivity contribution in [2.24, 2.45) is 11.8 Å². The van der Waals surface area contributed by atoms with Crippen LogP contribution in [0.2, 0.25) is 0 Å². The molecule has 0 amide bonds. The number of allylic oxidation sites excluding steroid dienone is 2. The third kappa shape index (κ3) is 2.47. The van der Waals surface area contributed by atoms with E-state index in [1.165, 1.54) is 24.8 Å². The van der Waals surface area contributed by atoms with E-state index in [9.17, 15) is 4.79 Å². The van der Waals surface area contributed by atoms with E-state index in [1.54, 1.807) is 0 Å². The zero-order valence-corrected chi connectivity index (χ0v) is 8.05. The van der Waals surface area contributed by atoms with Crippen LogP contribution in [-0.2, 0) is 4.79 Å². The molecule has 2 atom stereocenters. The predicted octanol–water partition coefficient (Wildman–Crippen LogP) is 2.96. The summed E-state index contributed by atoms with van der Waals surface area (Å²) < 4.78 is 0. The van der Waals surface area contributed by atoms with Gasteiger partial charge in [0.25, 0.3) is 0 Å². The van der Waals surface area contributed by atoms with Crippen LogP contribution >= 0.6 is 0 Å². The Morgan fingerprint density at radius 3 is 3.00 bits per heavy atom.